The van der Waals surface area contributed by atoms with Crippen molar-refractivity contribution >= 4 is 42.2 Å². The average molecular weight is 375 g/mol. The molecule has 0 aromatic carbocycles. The highest BCUT2D eigenvalue weighted by atomic mass is 35.5. The van der Waals surface area contributed by atoms with E-state index in [0.717, 1.165) is 37.4 Å². The second-order valence-corrected chi connectivity index (χ2v) is 6.50. The lowest BCUT2D eigenvalue weighted by Crippen LogP contribution is -2.42. The summed E-state index contributed by atoms with van der Waals surface area (Å²) in [4.78, 5) is 19.1. The van der Waals surface area contributed by atoms with Crippen LogP contribution < -0.4 is 16.0 Å². The molecule has 136 valence electrons. The Kier molecular flexibility index (Phi) is 7.77. The minimum atomic E-state index is -0.0267. The van der Waals surface area contributed by atoms with E-state index in [1.54, 1.807) is 6.20 Å². The predicted molar refractivity (Wildman–Crippen MR) is 103 cm³/mol. The van der Waals surface area contributed by atoms with Crippen LogP contribution in [0, 0.1) is 17.8 Å². The summed E-state index contributed by atoms with van der Waals surface area (Å²) >= 11 is 0. The van der Waals surface area contributed by atoms with Gasteiger partial charge < -0.3 is 16.0 Å². The predicted octanol–water partition coefficient (Wildman–Crippen LogP) is 3.08. The quantitative estimate of drug-likeness (QED) is 0.830. The van der Waals surface area contributed by atoms with Gasteiger partial charge in [-0.25, -0.2) is 4.98 Å². The zero-order chi connectivity index (χ0) is 15.7. The van der Waals surface area contributed by atoms with E-state index in [1.165, 1.54) is 6.42 Å². The summed E-state index contributed by atoms with van der Waals surface area (Å²) in [5.41, 5.74) is 7.00. The van der Waals surface area contributed by atoms with Crippen LogP contribution in [0.1, 0.15) is 33.1 Å². The molecular weight excluding hydrogens is 347 g/mol. The van der Waals surface area contributed by atoms with E-state index in [1.807, 2.05) is 12.1 Å². The first-order chi connectivity index (χ1) is 10.6. The highest BCUT2D eigenvalue weighted by Gasteiger charge is 2.49. The van der Waals surface area contributed by atoms with Gasteiger partial charge in [-0.05, 0) is 57.1 Å². The van der Waals surface area contributed by atoms with Crippen LogP contribution in [0.4, 0.5) is 11.5 Å². The molecule has 2 aliphatic rings. The molecule has 2 bridgehead atoms. The Hall–Kier alpha value is -1.04. The smallest absolute Gasteiger partial charge is 0.229 e. The van der Waals surface area contributed by atoms with Gasteiger partial charge in [-0.15, -0.1) is 24.8 Å². The minimum Gasteiger partial charge on any atom is -0.357 e. The van der Waals surface area contributed by atoms with Gasteiger partial charge in [-0.3, -0.25) is 4.79 Å². The number of carbonyl (C=O) groups is 1. The summed E-state index contributed by atoms with van der Waals surface area (Å²) in [6.07, 6.45) is 5.20. The summed E-state index contributed by atoms with van der Waals surface area (Å²) < 4.78 is 0. The second-order valence-electron chi connectivity index (χ2n) is 6.50. The number of carbonyl (C=O) groups excluding carboxylic acids is 1. The van der Waals surface area contributed by atoms with Gasteiger partial charge in [0.2, 0.25) is 5.91 Å². The number of nitrogens with one attached hydrogen (secondary N) is 1. The molecule has 0 aliphatic heterocycles. The molecule has 5 nitrogen and oxygen atoms in total. The molecule has 24 heavy (non-hydrogen) atoms. The molecule has 1 heterocycles. The lowest BCUT2D eigenvalue weighted by molar-refractivity contribution is -0.121. The lowest BCUT2D eigenvalue weighted by atomic mass is 9.84. The third kappa shape index (κ3) is 3.95. The molecule has 2 aliphatic carbocycles. The molecule has 0 radical (unpaired) electrons. The zero-order valence-electron chi connectivity index (χ0n) is 14.3. The number of pyridine rings is 1. The van der Waals surface area contributed by atoms with Crippen LogP contribution in [-0.4, -0.2) is 30.0 Å². The van der Waals surface area contributed by atoms with E-state index < -0.39 is 0 Å². The Morgan fingerprint density at radius 2 is 1.92 bits per heavy atom. The molecule has 1 amide bonds. The van der Waals surface area contributed by atoms with E-state index >= 15 is 0 Å². The number of amides is 1. The van der Waals surface area contributed by atoms with Crippen LogP contribution in [0.15, 0.2) is 18.3 Å². The number of rotatable bonds is 5. The second kappa shape index (κ2) is 8.88. The van der Waals surface area contributed by atoms with Crippen molar-refractivity contribution in [2.75, 3.05) is 23.3 Å². The molecule has 3 N–H and O–H groups in total. The van der Waals surface area contributed by atoms with Gasteiger partial charge in [0, 0.05) is 19.1 Å². The Morgan fingerprint density at radius 3 is 2.42 bits per heavy atom. The summed E-state index contributed by atoms with van der Waals surface area (Å²) in [5.74, 6) is 2.00. The van der Waals surface area contributed by atoms with Crippen molar-refractivity contribution in [2.45, 2.75) is 39.2 Å². The third-order valence-electron chi connectivity index (χ3n) is 5.39. The van der Waals surface area contributed by atoms with Crippen molar-refractivity contribution in [1.29, 1.82) is 0 Å². The van der Waals surface area contributed by atoms with Crippen LogP contribution in [0.25, 0.3) is 0 Å². The van der Waals surface area contributed by atoms with Crippen molar-refractivity contribution < 1.29 is 4.79 Å². The monoisotopic (exact) mass is 374 g/mol. The van der Waals surface area contributed by atoms with E-state index in [9.17, 15) is 4.79 Å². The third-order valence-corrected chi connectivity index (χ3v) is 5.39. The number of nitrogens with zero attached hydrogens (tertiary/aromatic N) is 2. The van der Waals surface area contributed by atoms with Gasteiger partial charge >= 0.3 is 0 Å². The summed E-state index contributed by atoms with van der Waals surface area (Å²) in [6.45, 7) is 6.07. The SMILES string of the molecule is CCN(CC)c1ccc(NC(=O)C2C3CCC(C3)C2N)cn1.Cl.Cl. The van der Waals surface area contributed by atoms with Crippen molar-refractivity contribution in [3.63, 3.8) is 0 Å². The molecule has 2 saturated carbocycles. The molecule has 4 atom stereocenters. The van der Waals surface area contributed by atoms with Crippen molar-refractivity contribution in [3.05, 3.63) is 18.3 Å². The van der Waals surface area contributed by atoms with Gasteiger partial charge in [-0.2, -0.15) is 0 Å². The molecule has 1 aromatic rings. The Morgan fingerprint density at radius 1 is 1.25 bits per heavy atom. The van der Waals surface area contributed by atoms with Crippen molar-refractivity contribution in [2.24, 2.45) is 23.5 Å². The molecule has 0 spiro atoms. The summed E-state index contributed by atoms with van der Waals surface area (Å²) in [5, 5.41) is 3.00. The summed E-state index contributed by atoms with van der Waals surface area (Å²) in [6, 6.07) is 3.92. The van der Waals surface area contributed by atoms with Gasteiger partial charge in [0.1, 0.15) is 5.82 Å². The molecular formula is C17H28Cl2N4O. The molecule has 3 rings (SSSR count). The van der Waals surface area contributed by atoms with Crippen LogP contribution in [-0.2, 0) is 4.79 Å². The van der Waals surface area contributed by atoms with Crippen LogP contribution >= 0.6 is 24.8 Å². The minimum absolute atomic E-state index is 0. The van der Waals surface area contributed by atoms with Crippen LogP contribution in [0.2, 0.25) is 0 Å². The largest absolute Gasteiger partial charge is 0.357 e. The molecule has 7 heteroatoms. The number of aromatic nitrogens is 1. The van der Waals surface area contributed by atoms with Crippen molar-refractivity contribution in [3.8, 4) is 0 Å². The van der Waals surface area contributed by atoms with Gasteiger partial charge in [0.05, 0.1) is 17.8 Å². The Balaban J connectivity index is 0.00000144. The van der Waals surface area contributed by atoms with Crippen molar-refractivity contribution in [1.82, 2.24) is 4.98 Å². The molecule has 4 unspecified atom stereocenters. The van der Waals surface area contributed by atoms with Gasteiger partial charge in [-0.1, -0.05) is 0 Å². The summed E-state index contributed by atoms with van der Waals surface area (Å²) in [7, 11) is 0. The van der Waals surface area contributed by atoms with Gasteiger partial charge in [0.15, 0.2) is 0 Å². The number of hydrogen-bond donors (Lipinski definition) is 2. The highest BCUT2D eigenvalue weighted by molar-refractivity contribution is 5.93. The number of anilines is 2. The maximum absolute atomic E-state index is 12.5. The van der Waals surface area contributed by atoms with Gasteiger partial charge in [0.25, 0.3) is 0 Å². The van der Waals surface area contributed by atoms with E-state index in [-0.39, 0.29) is 42.7 Å². The number of halogens is 2. The fraction of sp³-hybridized carbons (Fsp3) is 0.647. The highest BCUT2D eigenvalue weighted by Crippen LogP contribution is 2.47. The lowest BCUT2D eigenvalue weighted by Gasteiger charge is -2.27. The zero-order valence-corrected chi connectivity index (χ0v) is 15.9. The Labute approximate surface area is 156 Å². The fourth-order valence-corrected chi connectivity index (χ4v) is 4.15. The molecule has 1 aromatic heterocycles. The van der Waals surface area contributed by atoms with E-state index in [0.29, 0.717) is 11.8 Å². The normalized spacial score (nSPS) is 27.1. The maximum atomic E-state index is 12.5. The molecule has 0 saturated heterocycles. The first-order valence-electron chi connectivity index (χ1n) is 8.41. The maximum Gasteiger partial charge on any atom is 0.229 e. The first kappa shape index (κ1) is 21.0. The number of hydrogen-bond acceptors (Lipinski definition) is 4. The fourth-order valence-electron chi connectivity index (χ4n) is 4.15. The first-order valence-corrected chi connectivity index (χ1v) is 8.41. The van der Waals surface area contributed by atoms with Crippen LogP contribution in [0.3, 0.4) is 0 Å². The standard InChI is InChI=1S/C17H26N4O.2ClH/c1-3-21(4-2)14-8-7-13(10-19-14)20-17(22)15-11-5-6-12(9-11)16(15)18;;/h7-8,10-12,15-16H,3-6,9,18H2,1-2H3,(H,20,22);2*1H. The number of fused-ring (bicyclic) bond motifs is 2. The Bertz CT molecular complexity index is 534. The van der Waals surface area contributed by atoms with E-state index in [2.05, 4.69) is 29.0 Å². The molecule has 2 fully saturated rings. The van der Waals surface area contributed by atoms with E-state index in [4.69, 9.17) is 5.73 Å². The average Bonchev–Trinajstić information content (AvgIpc) is 3.11. The topological polar surface area (TPSA) is 71.2 Å². The van der Waals surface area contributed by atoms with Crippen LogP contribution in [0.5, 0.6) is 0 Å². The number of nitrogens with two attached hydrogens (primary N) is 1.